The number of para-hydroxylation sites is 1. The van der Waals surface area contributed by atoms with Crippen molar-refractivity contribution in [2.75, 3.05) is 35.8 Å². The molecule has 7 heteroatoms. The third-order valence-electron chi connectivity index (χ3n) is 5.75. The number of benzene rings is 2. The fraction of sp³-hybridized carbons (Fsp3) is 0.409. The average Bonchev–Trinajstić information content (AvgIpc) is 3.29. The van der Waals surface area contributed by atoms with Gasteiger partial charge in [-0.05, 0) is 48.7 Å². The molecule has 0 aromatic heterocycles. The summed E-state index contributed by atoms with van der Waals surface area (Å²) in [6, 6.07) is 14.1. The molecule has 1 amide bonds. The van der Waals surface area contributed by atoms with Crippen LogP contribution in [0.5, 0.6) is 0 Å². The van der Waals surface area contributed by atoms with E-state index in [1.807, 2.05) is 17.0 Å². The summed E-state index contributed by atoms with van der Waals surface area (Å²) in [5.74, 6) is 0.147. The molecular formula is C22H27N3O3S. The van der Waals surface area contributed by atoms with E-state index in [-0.39, 0.29) is 16.2 Å². The van der Waals surface area contributed by atoms with Gasteiger partial charge in [0.15, 0.2) is 0 Å². The van der Waals surface area contributed by atoms with Gasteiger partial charge in [0.1, 0.15) is 0 Å². The van der Waals surface area contributed by atoms with Gasteiger partial charge in [0.25, 0.3) is 10.0 Å². The fourth-order valence-corrected chi connectivity index (χ4v) is 5.32. The second-order valence-corrected chi connectivity index (χ2v) is 10.2. The number of rotatable bonds is 5. The molecule has 0 atom stereocenters. The first kappa shape index (κ1) is 19.8. The lowest BCUT2D eigenvalue weighted by atomic mass is 9.87. The summed E-state index contributed by atoms with van der Waals surface area (Å²) >= 11 is 0. The maximum Gasteiger partial charge on any atom is 0.261 e. The number of carbonyl (C=O) groups excluding carboxylic acids is 1. The van der Waals surface area contributed by atoms with Crippen molar-refractivity contribution in [1.82, 2.24) is 4.90 Å². The first-order valence-corrected chi connectivity index (χ1v) is 11.5. The van der Waals surface area contributed by atoms with E-state index in [0.29, 0.717) is 18.8 Å². The normalized spacial score (nSPS) is 18.0. The van der Waals surface area contributed by atoms with Gasteiger partial charge in [-0.3, -0.25) is 9.52 Å². The zero-order valence-corrected chi connectivity index (χ0v) is 17.7. The SMILES string of the molecule is CC1(C)CN(CC(=O)N2CCCC2)c2ccc(S(=O)(=O)Nc3ccccc3)cc21. The van der Waals surface area contributed by atoms with Gasteiger partial charge in [0.05, 0.1) is 11.4 Å². The summed E-state index contributed by atoms with van der Waals surface area (Å²) < 4.78 is 28.4. The fourth-order valence-electron chi connectivity index (χ4n) is 4.24. The first-order chi connectivity index (χ1) is 13.8. The molecule has 0 aliphatic carbocycles. The highest BCUT2D eigenvalue weighted by Crippen LogP contribution is 2.41. The molecule has 1 fully saturated rings. The molecule has 6 nitrogen and oxygen atoms in total. The van der Waals surface area contributed by atoms with Crippen LogP contribution < -0.4 is 9.62 Å². The maximum atomic E-state index is 12.9. The lowest BCUT2D eigenvalue weighted by Gasteiger charge is -2.24. The number of sulfonamides is 1. The Kier molecular flexibility index (Phi) is 5.02. The molecule has 2 heterocycles. The van der Waals surface area contributed by atoms with Gasteiger partial charge < -0.3 is 9.80 Å². The topological polar surface area (TPSA) is 69.7 Å². The standard InChI is InChI=1S/C22H27N3O3S/c1-22(2)16-25(15-21(26)24-12-6-7-13-24)20-11-10-18(14-19(20)22)29(27,28)23-17-8-4-3-5-9-17/h3-5,8-11,14,23H,6-7,12-13,15-16H2,1-2H3. The number of nitrogens with zero attached hydrogens (tertiary/aromatic N) is 2. The molecule has 0 spiro atoms. The van der Waals surface area contributed by atoms with E-state index in [1.165, 1.54) is 0 Å². The van der Waals surface area contributed by atoms with Gasteiger partial charge >= 0.3 is 0 Å². The molecule has 2 aliphatic heterocycles. The molecule has 0 unspecified atom stereocenters. The molecule has 154 valence electrons. The molecule has 2 aliphatic rings. The quantitative estimate of drug-likeness (QED) is 0.817. The van der Waals surface area contributed by atoms with Crippen molar-refractivity contribution in [2.24, 2.45) is 0 Å². The molecule has 0 bridgehead atoms. The summed E-state index contributed by atoms with van der Waals surface area (Å²) in [7, 11) is -3.68. The number of fused-ring (bicyclic) bond motifs is 1. The van der Waals surface area contributed by atoms with Crippen LogP contribution >= 0.6 is 0 Å². The van der Waals surface area contributed by atoms with Gasteiger partial charge in [-0.15, -0.1) is 0 Å². The highest BCUT2D eigenvalue weighted by Gasteiger charge is 2.37. The van der Waals surface area contributed by atoms with E-state index in [0.717, 1.165) is 37.2 Å². The van der Waals surface area contributed by atoms with Crippen LogP contribution in [0.4, 0.5) is 11.4 Å². The Balaban J connectivity index is 1.59. The van der Waals surface area contributed by atoms with E-state index >= 15 is 0 Å². The van der Waals surface area contributed by atoms with Crippen LogP contribution in [0.1, 0.15) is 32.3 Å². The van der Waals surface area contributed by atoms with Crippen molar-refractivity contribution in [1.29, 1.82) is 0 Å². The van der Waals surface area contributed by atoms with Crippen molar-refractivity contribution in [3.63, 3.8) is 0 Å². The Morgan fingerprint density at radius 3 is 2.45 bits per heavy atom. The largest absolute Gasteiger partial charge is 0.361 e. The number of likely N-dealkylation sites (tertiary alicyclic amines) is 1. The van der Waals surface area contributed by atoms with Crippen LogP contribution in [-0.2, 0) is 20.2 Å². The summed E-state index contributed by atoms with van der Waals surface area (Å²) in [6.45, 7) is 6.89. The van der Waals surface area contributed by atoms with E-state index in [1.54, 1.807) is 36.4 Å². The number of carbonyl (C=O) groups is 1. The van der Waals surface area contributed by atoms with Crippen LogP contribution in [0.25, 0.3) is 0 Å². The van der Waals surface area contributed by atoms with Crippen molar-refractivity contribution in [3.05, 3.63) is 54.1 Å². The van der Waals surface area contributed by atoms with Crippen LogP contribution in [0, 0.1) is 0 Å². The molecule has 0 saturated carbocycles. The molecule has 2 aromatic rings. The second-order valence-electron chi connectivity index (χ2n) is 8.48. The molecule has 1 saturated heterocycles. The van der Waals surface area contributed by atoms with Gasteiger partial charge in [-0.25, -0.2) is 8.42 Å². The van der Waals surface area contributed by atoms with E-state index < -0.39 is 10.0 Å². The molecule has 2 aromatic carbocycles. The third kappa shape index (κ3) is 3.96. The van der Waals surface area contributed by atoms with Gasteiger partial charge in [0.2, 0.25) is 5.91 Å². The Morgan fingerprint density at radius 1 is 1.07 bits per heavy atom. The molecule has 0 radical (unpaired) electrons. The Labute approximate surface area is 172 Å². The van der Waals surface area contributed by atoms with Gasteiger partial charge in [0, 0.05) is 36.4 Å². The molecule has 1 N–H and O–H groups in total. The third-order valence-corrected chi connectivity index (χ3v) is 7.12. The Bertz CT molecular complexity index is 1010. The molecule has 29 heavy (non-hydrogen) atoms. The lowest BCUT2D eigenvalue weighted by Crippen LogP contribution is -2.40. The van der Waals surface area contributed by atoms with E-state index in [4.69, 9.17) is 0 Å². The minimum Gasteiger partial charge on any atom is -0.361 e. The summed E-state index contributed by atoms with van der Waals surface area (Å²) in [6.07, 6.45) is 2.15. The summed E-state index contributed by atoms with van der Waals surface area (Å²) in [4.78, 5) is 16.9. The number of hydrogen-bond donors (Lipinski definition) is 1. The maximum absolute atomic E-state index is 12.9. The zero-order valence-electron chi connectivity index (χ0n) is 16.9. The number of hydrogen-bond acceptors (Lipinski definition) is 4. The van der Waals surface area contributed by atoms with Crippen molar-refractivity contribution in [3.8, 4) is 0 Å². The second kappa shape index (κ2) is 7.37. The van der Waals surface area contributed by atoms with Crippen molar-refractivity contribution >= 4 is 27.3 Å². The Morgan fingerprint density at radius 2 is 1.76 bits per heavy atom. The van der Waals surface area contributed by atoms with Crippen LogP contribution in [0.3, 0.4) is 0 Å². The summed E-state index contributed by atoms with van der Waals surface area (Å²) in [5, 5.41) is 0. The van der Waals surface area contributed by atoms with Crippen LogP contribution in [-0.4, -0.2) is 45.4 Å². The van der Waals surface area contributed by atoms with Crippen molar-refractivity contribution < 1.29 is 13.2 Å². The van der Waals surface area contributed by atoms with Crippen LogP contribution in [0.15, 0.2) is 53.4 Å². The highest BCUT2D eigenvalue weighted by atomic mass is 32.2. The number of anilines is 2. The van der Waals surface area contributed by atoms with Crippen molar-refractivity contribution in [2.45, 2.75) is 37.0 Å². The van der Waals surface area contributed by atoms with E-state index in [9.17, 15) is 13.2 Å². The average molecular weight is 414 g/mol. The number of amides is 1. The first-order valence-electron chi connectivity index (χ1n) is 10.0. The summed E-state index contributed by atoms with van der Waals surface area (Å²) in [5.41, 5.74) is 2.20. The minimum absolute atomic E-state index is 0.147. The van der Waals surface area contributed by atoms with Crippen LogP contribution in [0.2, 0.25) is 0 Å². The number of nitrogens with one attached hydrogen (secondary N) is 1. The smallest absolute Gasteiger partial charge is 0.261 e. The predicted molar refractivity (Wildman–Crippen MR) is 115 cm³/mol. The monoisotopic (exact) mass is 413 g/mol. The zero-order chi connectivity index (χ0) is 20.6. The predicted octanol–water partition coefficient (Wildman–Crippen LogP) is 3.21. The molecule has 4 rings (SSSR count). The highest BCUT2D eigenvalue weighted by molar-refractivity contribution is 7.92. The van der Waals surface area contributed by atoms with Gasteiger partial charge in [-0.1, -0.05) is 32.0 Å². The lowest BCUT2D eigenvalue weighted by molar-refractivity contribution is -0.128. The minimum atomic E-state index is -3.68. The molecular weight excluding hydrogens is 386 g/mol. The van der Waals surface area contributed by atoms with E-state index in [2.05, 4.69) is 23.5 Å². The van der Waals surface area contributed by atoms with Gasteiger partial charge in [-0.2, -0.15) is 0 Å². The Hall–Kier alpha value is -2.54.